The molecule has 6 heteroatoms. The van der Waals surface area contributed by atoms with E-state index in [9.17, 15) is 9.59 Å². The van der Waals surface area contributed by atoms with Crippen LogP contribution in [0.1, 0.15) is 21.0 Å². The summed E-state index contributed by atoms with van der Waals surface area (Å²) >= 11 is 0. The van der Waals surface area contributed by atoms with Gasteiger partial charge in [-0.1, -0.05) is 121 Å². The highest BCUT2D eigenvalue weighted by Crippen LogP contribution is 2.41. The van der Waals surface area contributed by atoms with Gasteiger partial charge in [-0.3, -0.25) is 9.59 Å². The van der Waals surface area contributed by atoms with Crippen molar-refractivity contribution in [3.8, 4) is 22.3 Å². The van der Waals surface area contributed by atoms with Crippen molar-refractivity contribution >= 4 is 79.3 Å². The molecule has 0 saturated carbocycles. The van der Waals surface area contributed by atoms with Crippen molar-refractivity contribution in [1.29, 1.82) is 0 Å². The standard InChI is InChI=1S/C54H36N4O2/c59-35-51-52(36-60)56-54-48-32-26-40(38-23-29-46(30-24-38)58(43-17-9-3-10-18-43)44-19-11-4-12-20-44)34-50(48)49-33-39(25-31-47(49)53(54)55-51)37-21-27-45(28-22-37)57(41-13-5-1-6-14-41)42-15-7-2-8-16-42/h1-36H. The van der Waals surface area contributed by atoms with Gasteiger partial charge >= 0.3 is 0 Å². The predicted octanol–water partition coefficient (Wildman–Crippen LogP) is 13.8. The molecule has 0 N–H and O–H groups in total. The van der Waals surface area contributed by atoms with Crippen LogP contribution in [0.3, 0.4) is 0 Å². The van der Waals surface area contributed by atoms with Gasteiger partial charge in [0.15, 0.2) is 12.6 Å². The van der Waals surface area contributed by atoms with Crippen LogP contribution < -0.4 is 9.80 Å². The lowest BCUT2D eigenvalue weighted by molar-refractivity contribution is 0.108. The van der Waals surface area contributed by atoms with Gasteiger partial charge in [0.05, 0.1) is 11.0 Å². The minimum Gasteiger partial charge on any atom is -0.311 e. The maximum absolute atomic E-state index is 12.1. The molecule has 0 radical (unpaired) electrons. The fraction of sp³-hybridized carbons (Fsp3) is 0. The fourth-order valence-corrected chi connectivity index (χ4v) is 8.13. The van der Waals surface area contributed by atoms with Crippen LogP contribution in [0.2, 0.25) is 0 Å². The maximum atomic E-state index is 12.1. The molecule has 0 unspecified atom stereocenters. The molecule has 6 nitrogen and oxygen atoms in total. The summed E-state index contributed by atoms with van der Waals surface area (Å²) < 4.78 is 0. The molecule has 10 rings (SSSR count). The molecular formula is C54H36N4O2. The van der Waals surface area contributed by atoms with Crippen LogP contribution in [0.5, 0.6) is 0 Å². The van der Waals surface area contributed by atoms with Crippen LogP contribution in [0.15, 0.2) is 206 Å². The van der Waals surface area contributed by atoms with Gasteiger partial charge in [0.2, 0.25) is 0 Å². The first-order chi connectivity index (χ1) is 29.7. The van der Waals surface area contributed by atoms with E-state index in [1.165, 1.54) is 0 Å². The van der Waals surface area contributed by atoms with Gasteiger partial charge in [0.25, 0.3) is 0 Å². The number of carbonyl (C=O) groups is 2. The van der Waals surface area contributed by atoms with Crippen molar-refractivity contribution in [2.75, 3.05) is 9.80 Å². The molecule has 0 saturated heterocycles. The second kappa shape index (κ2) is 15.6. The monoisotopic (exact) mass is 772 g/mol. The number of hydrogen-bond donors (Lipinski definition) is 0. The van der Waals surface area contributed by atoms with Crippen LogP contribution in [0.4, 0.5) is 34.1 Å². The normalized spacial score (nSPS) is 11.1. The Balaban J connectivity index is 1.09. The third-order valence-corrected chi connectivity index (χ3v) is 11.0. The lowest BCUT2D eigenvalue weighted by Crippen LogP contribution is -2.09. The second-order valence-electron chi connectivity index (χ2n) is 14.6. The summed E-state index contributed by atoms with van der Waals surface area (Å²) in [4.78, 5) is 38.1. The first kappa shape index (κ1) is 36.1. The van der Waals surface area contributed by atoms with Gasteiger partial charge in [-0.15, -0.1) is 0 Å². The van der Waals surface area contributed by atoms with Gasteiger partial charge in [-0.2, -0.15) is 0 Å². The number of para-hydroxylation sites is 4. The molecule has 0 amide bonds. The zero-order valence-electron chi connectivity index (χ0n) is 32.4. The average molecular weight is 773 g/mol. The summed E-state index contributed by atoms with van der Waals surface area (Å²) in [6.45, 7) is 0. The van der Waals surface area contributed by atoms with Crippen LogP contribution in [0, 0.1) is 0 Å². The Morgan fingerprint density at radius 2 is 0.583 bits per heavy atom. The summed E-state index contributed by atoms with van der Waals surface area (Å²) in [5.74, 6) is 0. The Kier molecular flexibility index (Phi) is 9.40. The van der Waals surface area contributed by atoms with Gasteiger partial charge in [-0.25, -0.2) is 9.97 Å². The third kappa shape index (κ3) is 6.62. The largest absolute Gasteiger partial charge is 0.311 e. The highest BCUT2D eigenvalue weighted by molar-refractivity contribution is 6.24. The second-order valence-corrected chi connectivity index (χ2v) is 14.6. The summed E-state index contributed by atoms with van der Waals surface area (Å²) in [5.41, 5.74) is 11.8. The van der Waals surface area contributed by atoms with E-state index in [1.54, 1.807) is 0 Å². The molecule has 10 aromatic rings. The molecule has 0 spiro atoms. The number of aldehydes is 2. The number of carbonyl (C=O) groups excluding carboxylic acids is 2. The molecule has 1 heterocycles. The molecule has 284 valence electrons. The predicted molar refractivity (Wildman–Crippen MR) is 246 cm³/mol. The highest BCUT2D eigenvalue weighted by Gasteiger charge is 2.18. The van der Waals surface area contributed by atoms with Crippen LogP contribution in [-0.4, -0.2) is 22.5 Å². The van der Waals surface area contributed by atoms with Crippen molar-refractivity contribution in [3.05, 3.63) is 218 Å². The average Bonchev–Trinajstić information content (AvgIpc) is 3.33. The number of anilines is 6. The van der Waals surface area contributed by atoms with E-state index in [2.05, 4.69) is 180 Å². The lowest BCUT2D eigenvalue weighted by atomic mass is 9.93. The lowest BCUT2D eigenvalue weighted by Gasteiger charge is -2.25. The van der Waals surface area contributed by atoms with E-state index in [0.717, 1.165) is 77.9 Å². The number of nitrogens with zero attached hydrogens (tertiary/aromatic N) is 4. The molecule has 0 aliphatic carbocycles. The fourth-order valence-electron chi connectivity index (χ4n) is 8.13. The molecule has 9 aromatic carbocycles. The van der Waals surface area contributed by atoms with Gasteiger partial charge in [0.1, 0.15) is 11.4 Å². The quantitative estimate of drug-likeness (QED) is 0.102. The van der Waals surface area contributed by atoms with Crippen LogP contribution in [-0.2, 0) is 0 Å². The van der Waals surface area contributed by atoms with Crippen molar-refractivity contribution in [3.63, 3.8) is 0 Å². The van der Waals surface area contributed by atoms with Crippen LogP contribution >= 0.6 is 0 Å². The molecular weight excluding hydrogens is 737 g/mol. The minimum absolute atomic E-state index is 0.0240. The van der Waals surface area contributed by atoms with Gasteiger partial charge in [-0.05, 0) is 118 Å². The Bertz CT molecular complexity index is 2860. The van der Waals surface area contributed by atoms with Gasteiger partial charge < -0.3 is 9.80 Å². The summed E-state index contributed by atoms with van der Waals surface area (Å²) in [6.07, 6.45) is 1.19. The number of fused-ring (bicyclic) bond motifs is 6. The van der Waals surface area contributed by atoms with E-state index >= 15 is 0 Å². The number of hydrogen-bond acceptors (Lipinski definition) is 6. The minimum atomic E-state index is 0.0240. The Morgan fingerprint density at radius 3 is 0.883 bits per heavy atom. The van der Waals surface area contributed by atoms with E-state index in [0.29, 0.717) is 23.6 Å². The van der Waals surface area contributed by atoms with E-state index in [4.69, 9.17) is 9.97 Å². The summed E-state index contributed by atoms with van der Waals surface area (Å²) in [5, 5.41) is 3.63. The summed E-state index contributed by atoms with van der Waals surface area (Å²) in [6, 6.07) is 71.3. The number of aromatic nitrogens is 2. The Morgan fingerprint density at radius 1 is 0.300 bits per heavy atom. The van der Waals surface area contributed by atoms with Gasteiger partial charge in [0, 0.05) is 44.9 Å². The smallest absolute Gasteiger partial charge is 0.170 e. The van der Waals surface area contributed by atoms with E-state index in [-0.39, 0.29) is 11.4 Å². The van der Waals surface area contributed by atoms with Crippen molar-refractivity contribution in [2.24, 2.45) is 0 Å². The van der Waals surface area contributed by atoms with Crippen LogP contribution in [0.25, 0.3) is 54.8 Å². The number of benzene rings is 9. The molecule has 0 aliphatic rings. The third-order valence-electron chi connectivity index (χ3n) is 11.0. The van der Waals surface area contributed by atoms with E-state index < -0.39 is 0 Å². The maximum Gasteiger partial charge on any atom is 0.170 e. The zero-order chi connectivity index (χ0) is 40.4. The Labute approximate surface area is 347 Å². The summed E-state index contributed by atoms with van der Waals surface area (Å²) in [7, 11) is 0. The zero-order valence-corrected chi connectivity index (χ0v) is 32.4. The van der Waals surface area contributed by atoms with E-state index in [1.807, 2.05) is 36.4 Å². The van der Waals surface area contributed by atoms with Crippen molar-refractivity contribution in [2.45, 2.75) is 0 Å². The Hall–Kier alpha value is -8.22. The number of rotatable bonds is 10. The highest BCUT2D eigenvalue weighted by atomic mass is 16.1. The molecule has 0 atom stereocenters. The topological polar surface area (TPSA) is 66.4 Å². The molecule has 0 bridgehead atoms. The molecule has 0 aliphatic heterocycles. The van der Waals surface area contributed by atoms with Crippen molar-refractivity contribution in [1.82, 2.24) is 9.97 Å². The first-order valence-electron chi connectivity index (χ1n) is 19.8. The molecule has 0 fully saturated rings. The SMILES string of the molecule is O=Cc1nc2c3ccc(-c4ccc(N(c5ccccc5)c5ccccc5)cc4)cc3c3cc(-c4ccc(N(c5ccccc5)c5ccccc5)cc4)ccc3c2nc1C=O. The first-order valence-corrected chi connectivity index (χ1v) is 19.8. The molecule has 1 aromatic heterocycles. The van der Waals surface area contributed by atoms with Crippen molar-refractivity contribution < 1.29 is 9.59 Å². The molecule has 60 heavy (non-hydrogen) atoms.